The van der Waals surface area contributed by atoms with Crippen molar-refractivity contribution in [3.05, 3.63) is 57.4 Å². The van der Waals surface area contributed by atoms with Gasteiger partial charge in [0.1, 0.15) is 0 Å². The molecule has 0 aliphatic carbocycles. The number of para-hydroxylation sites is 1. The molecule has 0 radical (unpaired) electrons. The number of carbonyl (C=O) groups is 3. The minimum atomic E-state index is -0.319. The fourth-order valence-corrected chi connectivity index (χ4v) is 4.15. The second-order valence-corrected chi connectivity index (χ2v) is 8.23. The van der Waals surface area contributed by atoms with Gasteiger partial charge in [0.05, 0.1) is 11.5 Å². The molecule has 2 aromatic rings. The Morgan fingerprint density at radius 1 is 1.13 bits per heavy atom. The van der Waals surface area contributed by atoms with Crippen molar-refractivity contribution in [2.75, 3.05) is 25.1 Å². The summed E-state index contributed by atoms with van der Waals surface area (Å²) >= 11 is 4.37. The van der Waals surface area contributed by atoms with Gasteiger partial charge in [0.25, 0.3) is 17.1 Å². The molecule has 0 unspecified atom stereocenters. The monoisotopic (exact) mass is 504 g/mol. The van der Waals surface area contributed by atoms with Crippen LogP contribution in [0.25, 0.3) is 6.08 Å². The van der Waals surface area contributed by atoms with Gasteiger partial charge in [0.2, 0.25) is 0 Å². The van der Waals surface area contributed by atoms with Crippen LogP contribution >= 0.6 is 27.7 Å². The molecule has 1 fully saturated rings. The molecule has 1 heterocycles. The number of imide groups is 1. The molecule has 0 aromatic heterocycles. The van der Waals surface area contributed by atoms with Gasteiger partial charge in [-0.2, -0.15) is 0 Å². The average molecular weight is 505 g/mol. The van der Waals surface area contributed by atoms with E-state index >= 15 is 0 Å². The van der Waals surface area contributed by atoms with Crippen LogP contribution in [0.15, 0.2) is 51.8 Å². The third-order valence-electron chi connectivity index (χ3n) is 4.26. The van der Waals surface area contributed by atoms with Crippen LogP contribution in [0.3, 0.4) is 0 Å². The van der Waals surface area contributed by atoms with Gasteiger partial charge in [-0.1, -0.05) is 34.1 Å². The summed E-state index contributed by atoms with van der Waals surface area (Å²) in [5.74, 6) is 0.192. The van der Waals surface area contributed by atoms with Crippen molar-refractivity contribution >= 4 is 56.5 Å². The molecule has 2 aromatic carbocycles. The van der Waals surface area contributed by atoms with Crippen molar-refractivity contribution in [1.82, 2.24) is 4.90 Å². The predicted octanol–water partition coefficient (Wildman–Crippen LogP) is 4.92. The van der Waals surface area contributed by atoms with Crippen LogP contribution in [0.1, 0.15) is 19.4 Å². The number of nitrogens with zero attached hydrogens (tertiary/aromatic N) is 1. The Balaban J connectivity index is 1.77. The van der Waals surface area contributed by atoms with E-state index in [9.17, 15) is 14.4 Å². The molecule has 1 saturated heterocycles. The lowest BCUT2D eigenvalue weighted by Gasteiger charge is -2.14. The molecule has 3 amide bonds. The van der Waals surface area contributed by atoms with E-state index < -0.39 is 0 Å². The molecule has 162 valence electrons. The van der Waals surface area contributed by atoms with Crippen molar-refractivity contribution in [3.63, 3.8) is 0 Å². The molecule has 31 heavy (non-hydrogen) atoms. The zero-order valence-corrected chi connectivity index (χ0v) is 19.4. The Labute approximate surface area is 192 Å². The molecule has 9 heteroatoms. The highest BCUT2D eigenvalue weighted by Crippen LogP contribution is 2.38. The first-order valence-corrected chi connectivity index (χ1v) is 11.2. The quantitative estimate of drug-likeness (QED) is 0.513. The van der Waals surface area contributed by atoms with Crippen molar-refractivity contribution in [2.45, 2.75) is 13.8 Å². The molecular weight excluding hydrogens is 484 g/mol. The highest BCUT2D eigenvalue weighted by molar-refractivity contribution is 9.10. The summed E-state index contributed by atoms with van der Waals surface area (Å²) in [4.78, 5) is 38.0. The van der Waals surface area contributed by atoms with Crippen molar-refractivity contribution < 1.29 is 23.9 Å². The van der Waals surface area contributed by atoms with Gasteiger partial charge in [-0.25, -0.2) is 0 Å². The van der Waals surface area contributed by atoms with Crippen LogP contribution in [0, 0.1) is 0 Å². The van der Waals surface area contributed by atoms with Gasteiger partial charge in [0.15, 0.2) is 18.1 Å². The van der Waals surface area contributed by atoms with Crippen LogP contribution in [-0.4, -0.2) is 41.7 Å². The van der Waals surface area contributed by atoms with E-state index in [1.807, 2.05) is 25.1 Å². The normalized spacial score (nSPS) is 14.8. The Bertz CT molecular complexity index is 1030. The van der Waals surface area contributed by atoms with E-state index in [4.69, 9.17) is 9.47 Å². The fourth-order valence-electron chi connectivity index (χ4n) is 2.82. The summed E-state index contributed by atoms with van der Waals surface area (Å²) < 4.78 is 12.0. The third-order valence-corrected chi connectivity index (χ3v) is 5.85. The average Bonchev–Trinajstić information content (AvgIpc) is 3.02. The number of anilines is 1. The highest BCUT2D eigenvalue weighted by atomic mass is 79.9. The Morgan fingerprint density at radius 2 is 1.84 bits per heavy atom. The first-order chi connectivity index (χ1) is 14.9. The van der Waals surface area contributed by atoms with Gasteiger partial charge >= 0.3 is 0 Å². The molecule has 3 rings (SSSR count). The van der Waals surface area contributed by atoms with Crippen LogP contribution in [-0.2, 0) is 9.59 Å². The number of benzene rings is 2. The third kappa shape index (κ3) is 5.68. The lowest BCUT2D eigenvalue weighted by atomic mass is 10.2. The summed E-state index contributed by atoms with van der Waals surface area (Å²) in [5, 5.41) is 2.47. The minimum absolute atomic E-state index is 0.198. The molecule has 1 N–H and O–H groups in total. The zero-order chi connectivity index (χ0) is 22.4. The largest absolute Gasteiger partial charge is 0.490 e. The van der Waals surface area contributed by atoms with Gasteiger partial charge in [-0.05, 0) is 61.5 Å². The highest BCUT2D eigenvalue weighted by Gasteiger charge is 2.33. The molecule has 0 atom stereocenters. The van der Waals surface area contributed by atoms with Crippen molar-refractivity contribution in [3.8, 4) is 11.5 Å². The fraction of sp³-hybridized carbons (Fsp3) is 0.227. The van der Waals surface area contributed by atoms with Crippen molar-refractivity contribution in [1.29, 1.82) is 0 Å². The lowest BCUT2D eigenvalue weighted by Crippen LogP contribution is -2.27. The maximum atomic E-state index is 12.4. The second kappa shape index (κ2) is 10.5. The van der Waals surface area contributed by atoms with Crippen LogP contribution < -0.4 is 14.8 Å². The van der Waals surface area contributed by atoms with E-state index in [0.29, 0.717) is 45.3 Å². The number of hydrogen-bond acceptors (Lipinski definition) is 6. The van der Waals surface area contributed by atoms with E-state index in [-0.39, 0.29) is 23.7 Å². The zero-order valence-electron chi connectivity index (χ0n) is 17.0. The number of rotatable bonds is 8. The number of halogens is 1. The first kappa shape index (κ1) is 22.9. The summed E-state index contributed by atoms with van der Waals surface area (Å²) in [6, 6.07) is 12.5. The van der Waals surface area contributed by atoms with E-state index in [0.717, 1.165) is 11.8 Å². The SMILES string of the molecule is CCOc1cc(/C=C2/SC(=O)N(CC)C2=O)c(Br)cc1OCC(=O)Nc1ccccc1. The minimum Gasteiger partial charge on any atom is -0.490 e. The molecule has 1 aliphatic rings. The van der Waals surface area contributed by atoms with Gasteiger partial charge in [0, 0.05) is 16.7 Å². The molecule has 0 bridgehead atoms. The Morgan fingerprint density at radius 3 is 2.48 bits per heavy atom. The summed E-state index contributed by atoms with van der Waals surface area (Å²) in [6.07, 6.45) is 1.64. The van der Waals surface area contributed by atoms with Gasteiger partial charge in [-0.15, -0.1) is 0 Å². The Kier molecular flexibility index (Phi) is 7.75. The maximum Gasteiger partial charge on any atom is 0.293 e. The molecule has 0 spiro atoms. The molecule has 0 saturated carbocycles. The maximum absolute atomic E-state index is 12.4. The standard InChI is InChI=1S/C22H21BrN2O5S/c1-3-25-21(27)19(31-22(25)28)11-14-10-17(29-4-2)18(12-16(14)23)30-13-20(26)24-15-8-6-5-7-9-15/h5-12H,3-4,13H2,1-2H3,(H,24,26)/b19-11+. The number of ether oxygens (including phenoxy) is 2. The van der Waals surface area contributed by atoms with E-state index in [1.54, 1.807) is 37.3 Å². The number of nitrogens with one attached hydrogen (secondary N) is 1. The van der Waals surface area contributed by atoms with Crippen molar-refractivity contribution in [2.24, 2.45) is 0 Å². The topological polar surface area (TPSA) is 84.9 Å². The number of likely N-dealkylation sites (N-methyl/N-ethyl adjacent to an activating group) is 1. The Hall–Kier alpha value is -2.78. The predicted molar refractivity (Wildman–Crippen MR) is 124 cm³/mol. The van der Waals surface area contributed by atoms with E-state index in [2.05, 4.69) is 21.2 Å². The second-order valence-electron chi connectivity index (χ2n) is 6.38. The van der Waals surface area contributed by atoms with Crippen LogP contribution in [0.5, 0.6) is 11.5 Å². The lowest BCUT2D eigenvalue weighted by molar-refractivity contribution is -0.122. The summed E-state index contributed by atoms with van der Waals surface area (Å²) in [5.41, 5.74) is 1.34. The number of carbonyl (C=O) groups excluding carboxylic acids is 3. The molecule has 7 nitrogen and oxygen atoms in total. The number of amides is 3. The van der Waals surface area contributed by atoms with Crippen LogP contribution in [0.4, 0.5) is 10.5 Å². The first-order valence-electron chi connectivity index (χ1n) is 9.62. The van der Waals surface area contributed by atoms with Gasteiger partial charge in [-0.3, -0.25) is 19.3 Å². The number of thioether (sulfide) groups is 1. The van der Waals surface area contributed by atoms with Crippen LogP contribution in [0.2, 0.25) is 0 Å². The van der Waals surface area contributed by atoms with Gasteiger partial charge < -0.3 is 14.8 Å². The molecular formula is C22H21BrN2O5S. The summed E-state index contributed by atoms with van der Waals surface area (Å²) in [7, 11) is 0. The summed E-state index contributed by atoms with van der Waals surface area (Å²) in [6.45, 7) is 4.10. The molecule has 1 aliphatic heterocycles. The number of hydrogen-bond donors (Lipinski definition) is 1. The van der Waals surface area contributed by atoms with E-state index in [1.165, 1.54) is 4.90 Å². The smallest absolute Gasteiger partial charge is 0.293 e.